The standard InChI is InChI=1S/C24H15I2N3O3/c25-19-9-15(10-20(26)23(19)31-14-18-7-2-1-6-17(18)12-27)13-28-29-24(30)22-11-16-5-3-4-8-21(16)32-22/h1-11,13H,14H2,(H,29,30)/b28-13+. The van der Waals surface area contributed by atoms with E-state index in [-0.39, 0.29) is 5.76 Å². The van der Waals surface area contributed by atoms with Gasteiger partial charge in [0.2, 0.25) is 0 Å². The summed E-state index contributed by atoms with van der Waals surface area (Å²) in [5, 5.41) is 14.1. The number of carbonyl (C=O) groups excluding carboxylic acids is 1. The van der Waals surface area contributed by atoms with Crippen molar-refractivity contribution in [2.45, 2.75) is 6.61 Å². The normalized spacial score (nSPS) is 10.9. The van der Waals surface area contributed by atoms with Gasteiger partial charge in [0, 0.05) is 10.9 Å². The van der Waals surface area contributed by atoms with Crippen LogP contribution in [-0.4, -0.2) is 12.1 Å². The number of hydrazone groups is 1. The molecule has 0 spiro atoms. The van der Waals surface area contributed by atoms with Crippen molar-refractivity contribution in [1.82, 2.24) is 5.43 Å². The van der Waals surface area contributed by atoms with Gasteiger partial charge in [-0.15, -0.1) is 0 Å². The van der Waals surface area contributed by atoms with Gasteiger partial charge >= 0.3 is 5.91 Å². The summed E-state index contributed by atoms with van der Waals surface area (Å²) in [6.45, 7) is 0.302. The van der Waals surface area contributed by atoms with Crippen molar-refractivity contribution in [2.75, 3.05) is 0 Å². The highest BCUT2D eigenvalue weighted by atomic mass is 127. The first-order valence-electron chi connectivity index (χ1n) is 9.47. The number of carbonyl (C=O) groups is 1. The summed E-state index contributed by atoms with van der Waals surface area (Å²) in [4.78, 5) is 12.3. The Balaban J connectivity index is 1.42. The van der Waals surface area contributed by atoms with Crippen molar-refractivity contribution < 1.29 is 13.9 Å². The van der Waals surface area contributed by atoms with Gasteiger partial charge in [-0.05, 0) is 81.1 Å². The van der Waals surface area contributed by atoms with Gasteiger partial charge in [-0.25, -0.2) is 5.43 Å². The second-order valence-corrected chi connectivity index (χ2v) is 9.04. The largest absolute Gasteiger partial charge is 0.487 e. The van der Waals surface area contributed by atoms with E-state index in [9.17, 15) is 10.1 Å². The summed E-state index contributed by atoms with van der Waals surface area (Å²) < 4.78 is 13.3. The third-order valence-corrected chi connectivity index (χ3v) is 6.16. The lowest BCUT2D eigenvalue weighted by Crippen LogP contribution is -2.16. The number of para-hydroxylation sites is 1. The highest BCUT2D eigenvalue weighted by Gasteiger charge is 2.12. The molecule has 0 unspecified atom stereocenters. The maximum atomic E-state index is 12.3. The van der Waals surface area contributed by atoms with Gasteiger partial charge in [-0.2, -0.15) is 10.4 Å². The lowest BCUT2D eigenvalue weighted by molar-refractivity contribution is 0.0929. The van der Waals surface area contributed by atoms with Gasteiger partial charge in [0.15, 0.2) is 5.76 Å². The third-order valence-electron chi connectivity index (χ3n) is 4.56. The summed E-state index contributed by atoms with van der Waals surface area (Å²) in [6.07, 6.45) is 1.57. The topological polar surface area (TPSA) is 87.6 Å². The van der Waals surface area contributed by atoms with Gasteiger partial charge in [0.25, 0.3) is 0 Å². The summed E-state index contributed by atoms with van der Waals surface area (Å²) in [5.41, 5.74) is 5.39. The molecule has 4 rings (SSSR count). The molecule has 8 heteroatoms. The average molecular weight is 647 g/mol. The van der Waals surface area contributed by atoms with Crippen LogP contribution in [0.3, 0.4) is 0 Å². The molecule has 3 aromatic carbocycles. The number of nitriles is 1. The van der Waals surface area contributed by atoms with Gasteiger partial charge in [0.05, 0.1) is 25.0 Å². The summed E-state index contributed by atoms with van der Waals surface area (Å²) in [7, 11) is 0. The maximum absolute atomic E-state index is 12.3. The van der Waals surface area contributed by atoms with E-state index < -0.39 is 5.91 Å². The SMILES string of the molecule is N#Cc1ccccc1COc1c(I)cc(/C=N/NC(=O)c2cc3ccccc3o2)cc1I. The van der Waals surface area contributed by atoms with E-state index in [0.29, 0.717) is 17.8 Å². The molecule has 0 saturated heterocycles. The van der Waals surface area contributed by atoms with Crippen LogP contribution in [0.2, 0.25) is 0 Å². The Labute approximate surface area is 211 Å². The Hall–Kier alpha value is -2.91. The smallest absolute Gasteiger partial charge is 0.307 e. The van der Waals surface area contributed by atoms with Crippen molar-refractivity contribution in [1.29, 1.82) is 5.26 Å². The van der Waals surface area contributed by atoms with E-state index in [4.69, 9.17) is 9.15 Å². The number of fused-ring (bicyclic) bond motifs is 1. The maximum Gasteiger partial charge on any atom is 0.307 e. The minimum absolute atomic E-state index is 0.203. The molecule has 0 radical (unpaired) electrons. The van der Waals surface area contributed by atoms with Crippen LogP contribution in [0.15, 0.2) is 76.2 Å². The van der Waals surface area contributed by atoms with Gasteiger partial charge in [-0.3, -0.25) is 4.79 Å². The summed E-state index contributed by atoms with van der Waals surface area (Å²) >= 11 is 4.39. The monoisotopic (exact) mass is 647 g/mol. The van der Waals surface area contributed by atoms with Crippen molar-refractivity contribution in [2.24, 2.45) is 5.10 Å². The Morgan fingerprint density at radius 2 is 1.81 bits per heavy atom. The zero-order valence-electron chi connectivity index (χ0n) is 16.5. The number of nitrogens with one attached hydrogen (secondary N) is 1. The Bertz CT molecular complexity index is 1320. The van der Waals surface area contributed by atoms with Crippen LogP contribution < -0.4 is 10.2 Å². The number of hydrogen-bond donors (Lipinski definition) is 1. The minimum Gasteiger partial charge on any atom is -0.487 e. The van der Waals surface area contributed by atoms with E-state index in [0.717, 1.165) is 29.4 Å². The number of nitrogens with zero attached hydrogens (tertiary/aromatic N) is 2. The van der Waals surface area contributed by atoms with Crippen LogP contribution >= 0.6 is 45.2 Å². The predicted molar refractivity (Wildman–Crippen MR) is 139 cm³/mol. The number of hydrogen-bond acceptors (Lipinski definition) is 5. The number of ether oxygens (including phenoxy) is 1. The van der Waals surface area contributed by atoms with E-state index in [1.165, 1.54) is 0 Å². The molecule has 1 heterocycles. The number of rotatable bonds is 6. The van der Waals surface area contributed by atoms with E-state index in [1.54, 1.807) is 18.3 Å². The molecule has 1 aromatic heterocycles. The van der Waals surface area contributed by atoms with Gasteiger partial charge in [0.1, 0.15) is 17.9 Å². The molecule has 1 N–H and O–H groups in total. The molecule has 0 saturated carbocycles. The van der Waals surface area contributed by atoms with Crippen molar-refractivity contribution >= 4 is 68.3 Å². The van der Waals surface area contributed by atoms with Crippen LogP contribution in [0.4, 0.5) is 0 Å². The first kappa shape index (κ1) is 22.3. The highest BCUT2D eigenvalue weighted by molar-refractivity contribution is 14.1. The van der Waals surface area contributed by atoms with Crippen molar-refractivity contribution in [3.05, 3.63) is 96.3 Å². The zero-order valence-corrected chi connectivity index (χ0v) is 20.8. The molecule has 0 fully saturated rings. The third kappa shape index (κ3) is 5.11. The van der Waals surface area contributed by atoms with Crippen LogP contribution in [-0.2, 0) is 6.61 Å². The molecule has 0 bridgehead atoms. The number of halogens is 2. The molecule has 0 aliphatic carbocycles. The van der Waals surface area contributed by atoms with Crippen molar-refractivity contribution in [3.8, 4) is 11.8 Å². The fraction of sp³-hybridized carbons (Fsp3) is 0.0417. The number of amides is 1. The number of benzene rings is 3. The fourth-order valence-corrected chi connectivity index (χ4v) is 5.14. The van der Waals surface area contributed by atoms with Crippen LogP contribution in [0, 0.1) is 18.5 Å². The van der Waals surface area contributed by atoms with E-state index >= 15 is 0 Å². The molecular formula is C24H15I2N3O3. The van der Waals surface area contributed by atoms with Crippen LogP contribution in [0.25, 0.3) is 11.0 Å². The van der Waals surface area contributed by atoms with Gasteiger partial charge in [-0.1, -0.05) is 36.4 Å². The molecule has 0 aliphatic rings. The van der Waals surface area contributed by atoms with Crippen LogP contribution in [0.1, 0.15) is 27.2 Å². The predicted octanol–water partition coefficient (Wildman–Crippen LogP) is 5.86. The minimum atomic E-state index is -0.419. The molecular weight excluding hydrogens is 632 g/mol. The first-order valence-corrected chi connectivity index (χ1v) is 11.6. The Morgan fingerprint density at radius 3 is 2.56 bits per heavy atom. The molecule has 0 aliphatic heterocycles. The quantitative estimate of drug-likeness (QED) is 0.162. The van der Waals surface area contributed by atoms with E-state index in [2.05, 4.69) is 61.8 Å². The molecule has 0 atom stereocenters. The number of furan rings is 1. The second kappa shape index (κ2) is 10.1. The second-order valence-electron chi connectivity index (χ2n) is 6.72. The van der Waals surface area contributed by atoms with Gasteiger partial charge < -0.3 is 9.15 Å². The Kier molecular flexibility index (Phi) is 7.06. The summed E-state index contributed by atoms with van der Waals surface area (Å²) in [6, 6.07) is 22.5. The molecule has 32 heavy (non-hydrogen) atoms. The lowest BCUT2D eigenvalue weighted by Gasteiger charge is -2.12. The molecule has 1 amide bonds. The first-order chi connectivity index (χ1) is 15.5. The molecule has 6 nitrogen and oxygen atoms in total. The molecule has 4 aromatic rings. The zero-order chi connectivity index (χ0) is 22.5. The van der Waals surface area contributed by atoms with Crippen molar-refractivity contribution in [3.63, 3.8) is 0 Å². The molecule has 158 valence electrons. The lowest BCUT2D eigenvalue weighted by atomic mass is 10.1. The highest BCUT2D eigenvalue weighted by Crippen LogP contribution is 2.29. The van der Waals surface area contributed by atoms with E-state index in [1.807, 2.05) is 54.6 Å². The average Bonchev–Trinajstić information content (AvgIpc) is 3.23. The Morgan fingerprint density at radius 1 is 1.09 bits per heavy atom. The fourth-order valence-electron chi connectivity index (χ4n) is 3.01. The van der Waals surface area contributed by atoms with Crippen LogP contribution in [0.5, 0.6) is 5.75 Å². The summed E-state index contributed by atoms with van der Waals surface area (Å²) in [5.74, 6) is 0.522.